The third-order valence-corrected chi connectivity index (χ3v) is 6.71. The van der Waals surface area contributed by atoms with Crippen LogP contribution >= 0.6 is 23.5 Å². The fourth-order valence-corrected chi connectivity index (χ4v) is 5.15. The van der Waals surface area contributed by atoms with E-state index < -0.39 is 0 Å². The molecule has 0 aromatic heterocycles. The lowest BCUT2D eigenvalue weighted by atomic mass is 10.1. The SMILES string of the molecule is C=CCCCCC(CCSCc1ccccc1)SCc1ccccc1. The van der Waals surface area contributed by atoms with Crippen LogP contribution in [0, 0.1) is 0 Å². The van der Waals surface area contributed by atoms with Gasteiger partial charge in [0, 0.05) is 16.8 Å². The summed E-state index contributed by atoms with van der Waals surface area (Å²) in [5, 5.41) is 0.772. The number of hydrogen-bond donors (Lipinski definition) is 0. The summed E-state index contributed by atoms with van der Waals surface area (Å²) < 4.78 is 0. The van der Waals surface area contributed by atoms with Crippen LogP contribution in [0.25, 0.3) is 0 Å². The van der Waals surface area contributed by atoms with Crippen LogP contribution in [0.1, 0.15) is 43.2 Å². The van der Waals surface area contributed by atoms with Gasteiger partial charge in [0.25, 0.3) is 0 Å². The molecule has 2 aromatic rings. The highest BCUT2D eigenvalue weighted by atomic mass is 32.2. The van der Waals surface area contributed by atoms with E-state index in [-0.39, 0.29) is 0 Å². The molecule has 0 aliphatic heterocycles. The summed E-state index contributed by atoms with van der Waals surface area (Å²) in [4.78, 5) is 0. The van der Waals surface area contributed by atoms with Gasteiger partial charge in [-0.15, -0.1) is 6.58 Å². The molecule has 0 bridgehead atoms. The van der Waals surface area contributed by atoms with Crippen molar-refractivity contribution in [1.29, 1.82) is 0 Å². The monoisotopic (exact) mass is 370 g/mol. The number of hydrogen-bond acceptors (Lipinski definition) is 2. The normalized spacial score (nSPS) is 12.0. The molecule has 2 heteroatoms. The van der Waals surface area contributed by atoms with Gasteiger partial charge in [-0.3, -0.25) is 0 Å². The van der Waals surface area contributed by atoms with Crippen LogP contribution in [0.5, 0.6) is 0 Å². The quantitative estimate of drug-likeness (QED) is 0.267. The Hall–Kier alpha value is -1.12. The fraction of sp³-hybridized carbons (Fsp3) is 0.391. The largest absolute Gasteiger partial charge is 0.157 e. The van der Waals surface area contributed by atoms with Gasteiger partial charge in [-0.25, -0.2) is 0 Å². The van der Waals surface area contributed by atoms with E-state index in [2.05, 4.69) is 90.8 Å². The highest BCUT2D eigenvalue weighted by Gasteiger charge is 2.09. The minimum absolute atomic E-state index is 0.772. The van der Waals surface area contributed by atoms with Crippen molar-refractivity contribution in [3.05, 3.63) is 84.4 Å². The molecule has 0 nitrogen and oxygen atoms in total. The second-order valence-electron chi connectivity index (χ2n) is 6.32. The summed E-state index contributed by atoms with van der Waals surface area (Å²) in [6.45, 7) is 3.83. The van der Waals surface area contributed by atoms with Gasteiger partial charge in [0.2, 0.25) is 0 Å². The highest BCUT2D eigenvalue weighted by molar-refractivity contribution is 7.99. The molecule has 0 saturated carbocycles. The van der Waals surface area contributed by atoms with Gasteiger partial charge < -0.3 is 0 Å². The molecule has 1 atom stereocenters. The zero-order valence-electron chi connectivity index (χ0n) is 15.1. The average Bonchev–Trinajstić information content (AvgIpc) is 2.67. The van der Waals surface area contributed by atoms with Crippen molar-refractivity contribution in [3.8, 4) is 0 Å². The molecule has 0 amide bonds. The van der Waals surface area contributed by atoms with Crippen molar-refractivity contribution < 1.29 is 0 Å². The molecule has 134 valence electrons. The van der Waals surface area contributed by atoms with E-state index in [1.807, 2.05) is 6.08 Å². The van der Waals surface area contributed by atoms with Gasteiger partial charge >= 0.3 is 0 Å². The minimum atomic E-state index is 0.772. The molecule has 0 N–H and O–H groups in total. The maximum absolute atomic E-state index is 3.83. The Morgan fingerprint density at radius 2 is 1.44 bits per heavy atom. The van der Waals surface area contributed by atoms with Gasteiger partial charge in [-0.05, 0) is 42.6 Å². The molecule has 0 heterocycles. The maximum Gasteiger partial charge on any atom is 0.0187 e. The van der Waals surface area contributed by atoms with E-state index in [9.17, 15) is 0 Å². The van der Waals surface area contributed by atoms with E-state index in [0.717, 1.165) is 23.2 Å². The van der Waals surface area contributed by atoms with Crippen LogP contribution in [-0.4, -0.2) is 11.0 Å². The lowest BCUT2D eigenvalue weighted by Crippen LogP contribution is -2.05. The summed E-state index contributed by atoms with van der Waals surface area (Å²) in [7, 11) is 0. The Labute approximate surface area is 162 Å². The van der Waals surface area contributed by atoms with Gasteiger partial charge in [0.05, 0.1) is 0 Å². The minimum Gasteiger partial charge on any atom is -0.157 e. The zero-order chi connectivity index (χ0) is 17.6. The molecule has 1 unspecified atom stereocenters. The molecule has 0 fully saturated rings. The smallest absolute Gasteiger partial charge is 0.0187 e. The van der Waals surface area contributed by atoms with Crippen LogP contribution in [0.4, 0.5) is 0 Å². The first-order valence-corrected chi connectivity index (χ1v) is 11.5. The van der Waals surface area contributed by atoms with E-state index in [4.69, 9.17) is 0 Å². The van der Waals surface area contributed by atoms with Crippen LogP contribution in [0.2, 0.25) is 0 Å². The molecule has 0 aliphatic rings. The van der Waals surface area contributed by atoms with E-state index >= 15 is 0 Å². The molecule has 0 saturated heterocycles. The van der Waals surface area contributed by atoms with E-state index in [1.54, 1.807) is 0 Å². The van der Waals surface area contributed by atoms with Crippen molar-refractivity contribution >= 4 is 23.5 Å². The molecule has 0 radical (unpaired) electrons. The predicted octanol–water partition coefficient (Wildman–Crippen LogP) is 7.36. The first-order valence-electron chi connectivity index (χ1n) is 9.26. The molecular weight excluding hydrogens is 340 g/mol. The summed E-state index contributed by atoms with van der Waals surface area (Å²) in [6.07, 6.45) is 8.44. The highest BCUT2D eigenvalue weighted by Crippen LogP contribution is 2.27. The second-order valence-corrected chi connectivity index (χ2v) is 8.71. The van der Waals surface area contributed by atoms with Crippen LogP contribution < -0.4 is 0 Å². The molecule has 2 aromatic carbocycles. The molecule has 0 spiro atoms. The first kappa shape index (κ1) is 20.2. The Balaban J connectivity index is 1.71. The van der Waals surface area contributed by atoms with Crippen LogP contribution in [0.3, 0.4) is 0 Å². The first-order chi connectivity index (χ1) is 12.4. The topological polar surface area (TPSA) is 0 Å². The van der Waals surface area contributed by atoms with Gasteiger partial charge in [-0.2, -0.15) is 23.5 Å². The number of benzene rings is 2. The standard InChI is InChI=1S/C23H30S2/c1-2-3-4-11-16-23(25-20-22-14-9-6-10-15-22)17-18-24-19-21-12-7-5-8-13-21/h2,5-10,12-15,23H,1,3-4,11,16-20H2. The van der Waals surface area contributed by atoms with E-state index in [1.165, 1.54) is 42.6 Å². The summed E-state index contributed by atoms with van der Waals surface area (Å²) in [5.41, 5.74) is 2.88. The zero-order valence-corrected chi connectivity index (χ0v) is 16.7. The van der Waals surface area contributed by atoms with Gasteiger partial charge in [0.1, 0.15) is 0 Å². The lowest BCUT2D eigenvalue weighted by Gasteiger charge is -2.16. The van der Waals surface area contributed by atoms with Crippen molar-refractivity contribution in [2.24, 2.45) is 0 Å². The van der Waals surface area contributed by atoms with E-state index in [0.29, 0.717) is 0 Å². The predicted molar refractivity (Wildman–Crippen MR) is 117 cm³/mol. The Morgan fingerprint density at radius 1 is 0.800 bits per heavy atom. The van der Waals surface area contributed by atoms with Gasteiger partial charge in [0.15, 0.2) is 0 Å². The van der Waals surface area contributed by atoms with Gasteiger partial charge in [-0.1, -0.05) is 73.2 Å². The number of unbranched alkanes of at least 4 members (excludes halogenated alkanes) is 2. The van der Waals surface area contributed by atoms with Crippen molar-refractivity contribution in [3.63, 3.8) is 0 Å². The molecular formula is C23H30S2. The second kappa shape index (κ2) is 13.1. The van der Waals surface area contributed by atoms with Crippen molar-refractivity contribution in [1.82, 2.24) is 0 Å². The van der Waals surface area contributed by atoms with Crippen molar-refractivity contribution in [2.75, 3.05) is 5.75 Å². The molecule has 2 rings (SSSR count). The Kier molecular flexibility index (Phi) is 10.6. The van der Waals surface area contributed by atoms with Crippen LogP contribution in [0.15, 0.2) is 73.3 Å². The third kappa shape index (κ3) is 9.23. The summed E-state index contributed by atoms with van der Waals surface area (Å²) in [5.74, 6) is 3.52. The van der Waals surface area contributed by atoms with Crippen LogP contribution in [-0.2, 0) is 11.5 Å². The molecule has 0 aliphatic carbocycles. The number of rotatable bonds is 13. The number of allylic oxidation sites excluding steroid dienone is 1. The Bertz CT molecular complexity index is 565. The summed E-state index contributed by atoms with van der Waals surface area (Å²) >= 11 is 4.21. The molecule has 25 heavy (non-hydrogen) atoms. The fourth-order valence-electron chi connectivity index (χ4n) is 2.74. The maximum atomic E-state index is 3.83. The lowest BCUT2D eigenvalue weighted by molar-refractivity contribution is 0.652. The third-order valence-electron chi connectivity index (χ3n) is 4.21. The van der Waals surface area contributed by atoms with Crippen molar-refractivity contribution in [2.45, 2.75) is 48.9 Å². The Morgan fingerprint density at radius 3 is 2.08 bits per heavy atom. The average molecular weight is 371 g/mol. The number of thioether (sulfide) groups is 2. The summed E-state index contributed by atoms with van der Waals surface area (Å²) in [6, 6.07) is 21.7.